The number of H-pyrrole nitrogens is 1. The predicted molar refractivity (Wildman–Crippen MR) is 164 cm³/mol. The first kappa shape index (κ1) is 28.4. The Morgan fingerprint density at radius 3 is 2.09 bits per heavy atom. The molecule has 0 bridgehead atoms. The van der Waals surface area contributed by atoms with E-state index in [1.807, 2.05) is 48.2 Å². The largest absolute Gasteiger partial charge is 0.360 e. The second-order valence-electron chi connectivity index (χ2n) is 11.3. The number of hydrogen-bond donors (Lipinski definition) is 1. The fourth-order valence-electron chi connectivity index (χ4n) is 6.09. The van der Waals surface area contributed by atoms with Crippen LogP contribution in [0.5, 0.6) is 0 Å². The quantitative estimate of drug-likeness (QED) is 0.279. The highest BCUT2D eigenvalue weighted by atomic mass is 16.2. The summed E-state index contributed by atoms with van der Waals surface area (Å²) in [5.74, 6) is -1.41. The molecule has 2 saturated heterocycles. The number of Topliss-reactive ketones (excluding diaryl/α,β-unsaturated/α-hetero) is 1. The zero-order valence-electron chi connectivity index (χ0n) is 24.2. The van der Waals surface area contributed by atoms with Crippen molar-refractivity contribution in [2.24, 2.45) is 0 Å². The van der Waals surface area contributed by atoms with Crippen LogP contribution in [-0.2, 0) is 11.3 Å². The van der Waals surface area contributed by atoms with Crippen molar-refractivity contribution >= 4 is 34.4 Å². The fraction of sp³-hybridized carbons (Fsp3) is 0.294. The zero-order valence-corrected chi connectivity index (χ0v) is 24.2. The van der Waals surface area contributed by atoms with E-state index in [9.17, 15) is 19.2 Å². The van der Waals surface area contributed by atoms with Crippen molar-refractivity contribution in [1.82, 2.24) is 24.6 Å². The molecule has 6 rings (SSSR count). The summed E-state index contributed by atoms with van der Waals surface area (Å²) in [4.78, 5) is 63.9. The van der Waals surface area contributed by atoms with Gasteiger partial charge in [0.15, 0.2) is 0 Å². The molecule has 3 amide bonds. The number of ketones is 1. The number of aromatic amines is 1. The number of rotatable bonds is 6. The third-order valence-electron chi connectivity index (χ3n) is 8.49. The average Bonchev–Trinajstić information content (AvgIpc) is 3.49. The van der Waals surface area contributed by atoms with Gasteiger partial charge in [0, 0.05) is 75.5 Å². The first-order valence-corrected chi connectivity index (χ1v) is 14.8. The molecule has 0 spiro atoms. The summed E-state index contributed by atoms with van der Waals surface area (Å²) in [5.41, 5.74) is 3.15. The minimum Gasteiger partial charge on any atom is -0.360 e. The molecule has 220 valence electrons. The summed E-state index contributed by atoms with van der Waals surface area (Å²) in [6.45, 7) is 6.46. The molecule has 0 radical (unpaired) electrons. The van der Waals surface area contributed by atoms with Gasteiger partial charge < -0.3 is 19.7 Å². The fourth-order valence-corrected chi connectivity index (χ4v) is 6.09. The predicted octanol–water partition coefficient (Wildman–Crippen LogP) is 3.68. The number of aromatic nitrogens is 1. The molecule has 9 heteroatoms. The van der Waals surface area contributed by atoms with Crippen LogP contribution in [0.3, 0.4) is 0 Å². The Morgan fingerprint density at radius 1 is 0.721 bits per heavy atom. The number of fused-ring (bicyclic) bond motifs is 1. The first-order valence-electron chi connectivity index (χ1n) is 14.8. The molecule has 9 nitrogen and oxygen atoms in total. The molecule has 1 atom stereocenters. The van der Waals surface area contributed by atoms with Crippen LogP contribution in [0.15, 0.2) is 85.1 Å². The maximum atomic E-state index is 13.6. The number of hydrogen-bond acceptors (Lipinski definition) is 5. The first-order chi connectivity index (χ1) is 20.9. The Balaban J connectivity index is 1.11. The van der Waals surface area contributed by atoms with Gasteiger partial charge in [-0.3, -0.25) is 24.1 Å². The van der Waals surface area contributed by atoms with Gasteiger partial charge in [0.05, 0.1) is 16.6 Å². The molecule has 1 unspecified atom stereocenters. The lowest BCUT2D eigenvalue weighted by atomic mass is 10.0. The second-order valence-corrected chi connectivity index (χ2v) is 11.3. The number of nitrogens with one attached hydrogen (secondary N) is 1. The van der Waals surface area contributed by atoms with Gasteiger partial charge in [-0.1, -0.05) is 60.7 Å². The minimum atomic E-state index is -0.625. The lowest BCUT2D eigenvalue weighted by molar-refractivity contribution is -0.130. The lowest BCUT2D eigenvalue weighted by Gasteiger charge is -2.39. The molecule has 0 saturated carbocycles. The Morgan fingerprint density at radius 2 is 1.40 bits per heavy atom. The molecule has 2 fully saturated rings. The Hall–Kier alpha value is -4.76. The van der Waals surface area contributed by atoms with Gasteiger partial charge in [0.25, 0.3) is 23.5 Å². The molecule has 43 heavy (non-hydrogen) atoms. The summed E-state index contributed by atoms with van der Waals surface area (Å²) in [6.07, 6.45) is 1.53. The summed E-state index contributed by atoms with van der Waals surface area (Å²) >= 11 is 0. The third-order valence-corrected chi connectivity index (χ3v) is 8.49. The van der Waals surface area contributed by atoms with Crippen molar-refractivity contribution < 1.29 is 19.2 Å². The molecule has 1 aromatic heterocycles. The Bertz CT molecular complexity index is 1640. The molecule has 2 aliphatic rings. The maximum Gasteiger partial charge on any atom is 0.295 e. The summed E-state index contributed by atoms with van der Waals surface area (Å²) in [6, 6.07) is 24.3. The van der Waals surface area contributed by atoms with E-state index in [1.165, 1.54) is 11.8 Å². The van der Waals surface area contributed by atoms with Crippen LogP contribution in [0, 0.1) is 0 Å². The molecule has 4 aromatic rings. The summed E-state index contributed by atoms with van der Waals surface area (Å²) in [7, 11) is 0. The van der Waals surface area contributed by atoms with E-state index < -0.39 is 11.7 Å². The van der Waals surface area contributed by atoms with E-state index in [0.717, 1.165) is 19.6 Å². The molecule has 1 N–H and O–H groups in total. The van der Waals surface area contributed by atoms with Crippen LogP contribution >= 0.6 is 0 Å². The minimum absolute atomic E-state index is 0.0858. The van der Waals surface area contributed by atoms with Gasteiger partial charge in [-0.15, -0.1) is 0 Å². The van der Waals surface area contributed by atoms with Crippen LogP contribution in [0.4, 0.5) is 0 Å². The van der Waals surface area contributed by atoms with E-state index in [4.69, 9.17) is 0 Å². The van der Waals surface area contributed by atoms with Gasteiger partial charge >= 0.3 is 0 Å². The molecule has 2 aliphatic heterocycles. The van der Waals surface area contributed by atoms with Gasteiger partial charge in [0.2, 0.25) is 0 Å². The van der Waals surface area contributed by atoms with Crippen LogP contribution in [0.2, 0.25) is 0 Å². The molecule has 3 heterocycles. The number of carbonyl (C=O) groups is 4. The SMILES string of the molecule is CC1CN(C(=O)c2ccccc2)CCN1C(=O)C(=O)c1c[nH]c2c(C(=O)N3CCN(Cc4ccccc4)CC3)cccc12. The van der Waals surface area contributed by atoms with Crippen molar-refractivity contribution in [1.29, 1.82) is 0 Å². The normalized spacial score (nSPS) is 17.7. The molecular weight excluding hydrogens is 542 g/mol. The van der Waals surface area contributed by atoms with Crippen molar-refractivity contribution in [2.75, 3.05) is 45.8 Å². The smallest absolute Gasteiger partial charge is 0.295 e. The highest BCUT2D eigenvalue weighted by molar-refractivity contribution is 6.45. The molecule has 0 aliphatic carbocycles. The van der Waals surface area contributed by atoms with Crippen molar-refractivity contribution in [3.63, 3.8) is 0 Å². The number of para-hydroxylation sites is 1. The van der Waals surface area contributed by atoms with Gasteiger partial charge in [-0.25, -0.2) is 0 Å². The van der Waals surface area contributed by atoms with E-state index in [2.05, 4.69) is 22.0 Å². The van der Waals surface area contributed by atoms with E-state index in [1.54, 1.807) is 40.1 Å². The third kappa shape index (κ3) is 5.81. The zero-order chi connectivity index (χ0) is 29.9. The van der Waals surface area contributed by atoms with Crippen LogP contribution in [0.1, 0.15) is 43.6 Å². The van der Waals surface area contributed by atoms with Gasteiger partial charge in [0.1, 0.15) is 0 Å². The van der Waals surface area contributed by atoms with E-state index in [0.29, 0.717) is 48.2 Å². The van der Waals surface area contributed by atoms with E-state index >= 15 is 0 Å². The van der Waals surface area contributed by atoms with E-state index in [-0.39, 0.29) is 30.0 Å². The second kappa shape index (κ2) is 12.2. The van der Waals surface area contributed by atoms with Crippen molar-refractivity contribution in [3.05, 3.63) is 107 Å². The number of benzene rings is 3. The summed E-state index contributed by atoms with van der Waals surface area (Å²) in [5, 5.41) is 0.553. The molecular formula is C34H35N5O4. The lowest BCUT2D eigenvalue weighted by Crippen LogP contribution is -2.56. The van der Waals surface area contributed by atoms with Gasteiger partial charge in [-0.05, 0) is 30.7 Å². The average molecular weight is 578 g/mol. The highest BCUT2D eigenvalue weighted by Crippen LogP contribution is 2.25. The monoisotopic (exact) mass is 577 g/mol. The number of carbonyl (C=O) groups excluding carboxylic acids is 4. The number of nitrogens with zero attached hydrogens (tertiary/aromatic N) is 4. The van der Waals surface area contributed by atoms with Crippen molar-refractivity contribution in [3.8, 4) is 0 Å². The van der Waals surface area contributed by atoms with Gasteiger partial charge in [-0.2, -0.15) is 0 Å². The number of amides is 3. The van der Waals surface area contributed by atoms with Crippen LogP contribution < -0.4 is 0 Å². The Kier molecular flexibility index (Phi) is 8.07. The summed E-state index contributed by atoms with van der Waals surface area (Å²) < 4.78 is 0. The Labute approximate surface area is 250 Å². The van der Waals surface area contributed by atoms with Crippen LogP contribution in [0.25, 0.3) is 10.9 Å². The maximum absolute atomic E-state index is 13.6. The van der Waals surface area contributed by atoms with Crippen molar-refractivity contribution in [2.45, 2.75) is 19.5 Å². The van der Waals surface area contributed by atoms with Crippen LogP contribution in [-0.4, -0.2) is 99.9 Å². The topological polar surface area (TPSA) is 97.0 Å². The highest BCUT2D eigenvalue weighted by Gasteiger charge is 2.34. The number of piperazine rings is 2. The standard InChI is InChI=1S/C34H35N5O4/c1-24-22-38(32(41)26-11-6-3-7-12-26)19-20-39(24)34(43)31(40)29-21-35-30-27(29)13-8-14-28(30)33(42)37-17-15-36(16-18-37)23-25-9-4-2-5-10-25/h2-14,21,24,35H,15-20,22-23H2,1H3. The molecule has 3 aromatic carbocycles.